The Morgan fingerprint density at radius 1 is 1.42 bits per heavy atom. The second-order valence-corrected chi connectivity index (χ2v) is 2.76. The highest BCUT2D eigenvalue weighted by molar-refractivity contribution is 9.09. The average molecular weight is 235 g/mol. The van der Waals surface area contributed by atoms with Gasteiger partial charge in [-0.25, -0.2) is 0 Å². The van der Waals surface area contributed by atoms with Crippen molar-refractivity contribution < 1.29 is 9.47 Å². The Hall–Kier alpha value is -0.120. The van der Waals surface area contributed by atoms with Gasteiger partial charge in [-0.2, -0.15) is 0 Å². The maximum atomic E-state index is 5.43. The van der Waals surface area contributed by atoms with Gasteiger partial charge in [0.2, 0.25) is 0 Å². The topological polar surface area (TPSA) is 18.5 Å². The molecule has 70 valence electrons. The molecule has 0 rings (SSSR count). The molecule has 0 bridgehead atoms. The molecule has 0 fully saturated rings. The van der Waals surface area contributed by atoms with Gasteiger partial charge in [-0.05, 0) is 6.92 Å². The molecule has 0 spiro atoms. The quantitative estimate of drug-likeness (QED) is 0.383. The van der Waals surface area contributed by atoms with Crippen molar-refractivity contribution in [3.05, 3.63) is 25.3 Å². The summed E-state index contributed by atoms with van der Waals surface area (Å²) in [6, 6.07) is 0. The highest BCUT2D eigenvalue weighted by Gasteiger charge is 2.09. The predicted molar refractivity (Wildman–Crippen MR) is 54.5 cm³/mol. The van der Waals surface area contributed by atoms with Gasteiger partial charge in [0.15, 0.2) is 6.29 Å². The lowest BCUT2D eigenvalue weighted by Gasteiger charge is -2.18. The van der Waals surface area contributed by atoms with E-state index in [0.29, 0.717) is 11.9 Å². The predicted octanol–water partition coefficient (Wildman–Crippen LogP) is 2.50. The molecule has 0 amide bonds. The summed E-state index contributed by atoms with van der Waals surface area (Å²) in [6.07, 6.45) is 3.00. The minimum absolute atomic E-state index is 0.140. The first kappa shape index (κ1) is 11.9. The number of hydrogen-bond donors (Lipinski definition) is 0. The van der Waals surface area contributed by atoms with Crippen molar-refractivity contribution in [1.29, 1.82) is 0 Å². The Morgan fingerprint density at radius 3 is 2.33 bits per heavy atom. The first-order valence-corrected chi connectivity index (χ1v) is 4.98. The lowest BCUT2D eigenvalue weighted by atomic mass is 10.3. The molecule has 0 aliphatic carbocycles. The molecule has 0 aromatic heterocycles. The van der Waals surface area contributed by atoms with Crippen LogP contribution in [0.5, 0.6) is 0 Å². The summed E-state index contributed by atoms with van der Waals surface area (Å²) >= 11 is 3.29. The fraction of sp³-hybridized carbons (Fsp3) is 0.556. The smallest absolute Gasteiger partial charge is 0.168 e. The molecule has 12 heavy (non-hydrogen) atoms. The van der Waals surface area contributed by atoms with Gasteiger partial charge in [0.1, 0.15) is 0 Å². The lowest BCUT2D eigenvalue weighted by molar-refractivity contribution is -0.131. The van der Waals surface area contributed by atoms with Crippen molar-refractivity contribution in [1.82, 2.24) is 0 Å². The molecular formula is C9H15BrO2. The molecule has 0 aromatic rings. The van der Waals surface area contributed by atoms with Crippen LogP contribution in [-0.2, 0) is 9.47 Å². The number of rotatable bonds is 7. The van der Waals surface area contributed by atoms with Gasteiger partial charge < -0.3 is 9.47 Å². The summed E-state index contributed by atoms with van der Waals surface area (Å²) in [5, 5.41) is 0.652. The van der Waals surface area contributed by atoms with Crippen molar-refractivity contribution in [3.8, 4) is 0 Å². The second kappa shape index (κ2) is 7.53. The summed E-state index contributed by atoms with van der Waals surface area (Å²) < 4.78 is 10.7. The van der Waals surface area contributed by atoms with Gasteiger partial charge in [-0.3, -0.25) is 0 Å². The Balaban J connectivity index is 3.81. The van der Waals surface area contributed by atoms with Gasteiger partial charge in [-0.1, -0.05) is 28.1 Å². The van der Waals surface area contributed by atoms with E-state index in [2.05, 4.69) is 29.1 Å². The van der Waals surface area contributed by atoms with Crippen LogP contribution in [0.4, 0.5) is 0 Å². The van der Waals surface area contributed by atoms with Crippen LogP contribution >= 0.6 is 15.9 Å². The van der Waals surface area contributed by atoms with Crippen LogP contribution in [0, 0.1) is 0 Å². The van der Waals surface area contributed by atoms with Gasteiger partial charge in [0.05, 0.1) is 11.4 Å². The van der Waals surface area contributed by atoms with Crippen LogP contribution in [-0.4, -0.2) is 24.3 Å². The molecule has 0 aliphatic heterocycles. The molecule has 0 aromatic carbocycles. The third kappa shape index (κ3) is 4.70. The Kier molecular flexibility index (Phi) is 7.45. The highest BCUT2D eigenvalue weighted by atomic mass is 79.9. The highest BCUT2D eigenvalue weighted by Crippen LogP contribution is 2.05. The van der Waals surface area contributed by atoms with Crippen molar-refractivity contribution in [2.24, 2.45) is 0 Å². The van der Waals surface area contributed by atoms with Crippen LogP contribution in [0.1, 0.15) is 6.92 Å². The number of hydrogen-bond acceptors (Lipinski definition) is 2. The van der Waals surface area contributed by atoms with E-state index in [0.717, 1.165) is 0 Å². The van der Waals surface area contributed by atoms with E-state index in [1.165, 1.54) is 0 Å². The van der Waals surface area contributed by atoms with E-state index in [9.17, 15) is 0 Å². The van der Waals surface area contributed by atoms with E-state index >= 15 is 0 Å². The third-order valence-electron chi connectivity index (χ3n) is 1.25. The Morgan fingerprint density at radius 2 is 2.00 bits per heavy atom. The van der Waals surface area contributed by atoms with Crippen LogP contribution in [0.3, 0.4) is 0 Å². The number of alkyl halides is 1. The van der Waals surface area contributed by atoms with Gasteiger partial charge in [0, 0.05) is 6.61 Å². The molecule has 1 atom stereocenters. The molecule has 0 aliphatic rings. The minimum atomic E-state index is -0.226. The molecule has 2 nitrogen and oxygen atoms in total. The van der Waals surface area contributed by atoms with Crippen LogP contribution < -0.4 is 0 Å². The maximum absolute atomic E-state index is 5.43. The first-order valence-electron chi connectivity index (χ1n) is 3.86. The fourth-order valence-corrected chi connectivity index (χ4v) is 1.03. The molecule has 0 heterocycles. The van der Waals surface area contributed by atoms with Gasteiger partial charge >= 0.3 is 0 Å². The van der Waals surface area contributed by atoms with Crippen LogP contribution in [0.15, 0.2) is 25.3 Å². The number of ether oxygens (including phenoxy) is 2. The molecule has 0 saturated heterocycles. The monoisotopic (exact) mass is 234 g/mol. The minimum Gasteiger partial charge on any atom is -0.352 e. The number of halogens is 1. The van der Waals surface area contributed by atoms with E-state index in [1.54, 1.807) is 12.2 Å². The normalized spacial score (nSPS) is 12.9. The Bertz CT molecular complexity index is 128. The summed E-state index contributed by atoms with van der Waals surface area (Å²) in [4.78, 5) is 0. The van der Waals surface area contributed by atoms with E-state index < -0.39 is 0 Å². The van der Waals surface area contributed by atoms with Crippen LogP contribution in [0.2, 0.25) is 0 Å². The molecule has 0 radical (unpaired) electrons. The first-order chi connectivity index (χ1) is 5.78. The summed E-state index contributed by atoms with van der Waals surface area (Å²) in [7, 11) is 0. The maximum Gasteiger partial charge on any atom is 0.168 e. The standard InChI is InChI=1S/C9H15BrO2/c1-4-8(5-2)12-9(7-10)11-6-3/h4-5,8-9H,1-2,6-7H2,3H3. The molecular weight excluding hydrogens is 220 g/mol. The molecule has 0 N–H and O–H groups in total. The average Bonchev–Trinajstić information content (AvgIpc) is 2.12. The van der Waals surface area contributed by atoms with Gasteiger partial charge in [0.25, 0.3) is 0 Å². The zero-order chi connectivity index (χ0) is 9.40. The zero-order valence-electron chi connectivity index (χ0n) is 7.33. The van der Waals surface area contributed by atoms with Crippen molar-refractivity contribution in [2.75, 3.05) is 11.9 Å². The largest absolute Gasteiger partial charge is 0.352 e. The Labute approximate surface area is 82.4 Å². The molecule has 1 unspecified atom stereocenters. The fourth-order valence-electron chi connectivity index (χ4n) is 0.689. The van der Waals surface area contributed by atoms with E-state index in [1.807, 2.05) is 6.92 Å². The zero-order valence-corrected chi connectivity index (χ0v) is 8.92. The van der Waals surface area contributed by atoms with E-state index in [4.69, 9.17) is 9.47 Å². The summed E-state index contributed by atoms with van der Waals surface area (Å²) in [5.41, 5.74) is 0. The van der Waals surface area contributed by atoms with Crippen LogP contribution in [0.25, 0.3) is 0 Å². The van der Waals surface area contributed by atoms with Crippen molar-refractivity contribution in [3.63, 3.8) is 0 Å². The van der Waals surface area contributed by atoms with E-state index in [-0.39, 0.29) is 12.4 Å². The second-order valence-electron chi connectivity index (χ2n) is 2.11. The lowest BCUT2D eigenvalue weighted by Crippen LogP contribution is -2.23. The molecule has 0 saturated carbocycles. The SMILES string of the molecule is C=CC(C=C)OC(CBr)OCC. The third-order valence-corrected chi connectivity index (χ3v) is 1.78. The van der Waals surface area contributed by atoms with Gasteiger partial charge in [-0.15, -0.1) is 13.2 Å². The van der Waals surface area contributed by atoms with Crippen molar-refractivity contribution >= 4 is 15.9 Å². The van der Waals surface area contributed by atoms with Crippen molar-refractivity contribution in [2.45, 2.75) is 19.3 Å². The summed E-state index contributed by atoms with van der Waals surface area (Å²) in [5.74, 6) is 0. The summed E-state index contributed by atoms with van der Waals surface area (Å²) in [6.45, 7) is 9.79. The molecule has 3 heteroatoms.